The second-order valence-electron chi connectivity index (χ2n) is 4.61. The van der Waals surface area contributed by atoms with Gasteiger partial charge in [0, 0.05) is 5.56 Å². The summed E-state index contributed by atoms with van der Waals surface area (Å²) in [5.74, 6) is 0.0743. The molecular formula is C16H17FN4S. The van der Waals surface area contributed by atoms with Crippen molar-refractivity contribution in [2.45, 2.75) is 20.8 Å². The fourth-order valence-electron chi connectivity index (χ4n) is 1.97. The first-order chi connectivity index (χ1) is 10.5. The van der Waals surface area contributed by atoms with Crippen molar-refractivity contribution in [3.05, 3.63) is 40.0 Å². The highest BCUT2D eigenvalue weighted by Crippen LogP contribution is 2.36. The van der Waals surface area contributed by atoms with Crippen molar-refractivity contribution in [1.29, 1.82) is 0 Å². The molecule has 0 saturated heterocycles. The summed E-state index contributed by atoms with van der Waals surface area (Å²) in [6, 6.07) is 4.90. The average molecular weight is 316 g/mol. The minimum Gasteiger partial charge on any atom is -0.396 e. The Balaban J connectivity index is 2.65. The van der Waals surface area contributed by atoms with Gasteiger partial charge in [0.2, 0.25) is 0 Å². The Labute approximate surface area is 133 Å². The van der Waals surface area contributed by atoms with Crippen molar-refractivity contribution in [3.63, 3.8) is 0 Å². The molecule has 6 heteroatoms. The maximum absolute atomic E-state index is 14.3. The second-order valence-corrected chi connectivity index (χ2v) is 5.81. The monoisotopic (exact) mass is 316 g/mol. The first-order valence-corrected chi connectivity index (χ1v) is 7.50. The summed E-state index contributed by atoms with van der Waals surface area (Å²) in [7, 11) is 0. The molecule has 0 aliphatic rings. The van der Waals surface area contributed by atoms with Crippen LogP contribution in [0.3, 0.4) is 0 Å². The van der Waals surface area contributed by atoms with E-state index in [9.17, 15) is 4.39 Å². The lowest BCUT2D eigenvalue weighted by molar-refractivity contribution is 0.635. The fraction of sp³-hybridized carbons (Fsp3) is 0.188. The molecule has 0 spiro atoms. The number of rotatable bonds is 3. The first kappa shape index (κ1) is 16.0. The zero-order valence-corrected chi connectivity index (χ0v) is 13.5. The summed E-state index contributed by atoms with van der Waals surface area (Å²) in [4.78, 5) is 13.4. The summed E-state index contributed by atoms with van der Waals surface area (Å²) in [5.41, 5.74) is 7.36. The van der Waals surface area contributed by atoms with Gasteiger partial charge in [0.25, 0.3) is 0 Å². The topological polar surface area (TPSA) is 63.6 Å². The Bertz CT molecular complexity index is 774. The molecule has 0 unspecified atom stereocenters. The van der Waals surface area contributed by atoms with E-state index in [1.807, 2.05) is 19.9 Å². The lowest BCUT2D eigenvalue weighted by atomic mass is 10.1. The standard InChI is InChI=1S/C16H17FN4S/c1-5-13(20-9(2)19-4)16-15(21-10(3)22-16)11-7-6-8-12(18)14(11)17/h5-8H,4,18H2,1-3H3/b13-5-,20-9?. The third kappa shape index (κ3) is 3.12. The van der Waals surface area contributed by atoms with Crippen molar-refractivity contribution < 1.29 is 4.39 Å². The van der Waals surface area contributed by atoms with E-state index in [0.29, 0.717) is 22.8 Å². The highest BCUT2D eigenvalue weighted by atomic mass is 32.1. The number of allylic oxidation sites excluding steroid dienone is 1. The van der Waals surface area contributed by atoms with Crippen LogP contribution in [0.15, 0.2) is 34.3 Å². The molecule has 114 valence electrons. The van der Waals surface area contributed by atoms with Crippen molar-refractivity contribution in [2.24, 2.45) is 9.98 Å². The molecule has 4 nitrogen and oxygen atoms in total. The number of aryl methyl sites for hydroxylation is 1. The summed E-state index contributed by atoms with van der Waals surface area (Å²) in [6.45, 7) is 8.95. The van der Waals surface area contributed by atoms with Crippen LogP contribution in [0.25, 0.3) is 17.0 Å². The van der Waals surface area contributed by atoms with Crippen LogP contribution in [0.4, 0.5) is 10.1 Å². The highest BCUT2D eigenvalue weighted by molar-refractivity contribution is 7.13. The van der Waals surface area contributed by atoms with E-state index in [0.717, 1.165) is 9.88 Å². The predicted molar refractivity (Wildman–Crippen MR) is 93.0 cm³/mol. The van der Waals surface area contributed by atoms with Crippen LogP contribution in [0.5, 0.6) is 0 Å². The molecule has 0 bridgehead atoms. The number of thiazole rings is 1. The van der Waals surface area contributed by atoms with E-state index in [1.54, 1.807) is 19.1 Å². The number of nitrogens with two attached hydrogens (primary N) is 1. The number of benzene rings is 1. The maximum atomic E-state index is 14.3. The molecule has 0 radical (unpaired) electrons. The molecule has 0 atom stereocenters. The zero-order chi connectivity index (χ0) is 16.3. The number of aromatic nitrogens is 1. The van der Waals surface area contributed by atoms with Crippen LogP contribution >= 0.6 is 11.3 Å². The van der Waals surface area contributed by atoms with E-state index in [-0.39, 0.29) is 5.69 Å². The van der Waals surface area contributed by atoms with Crippen LogP contribution in [-0.4, -0.2) is 17.5 Å². The lowest BCUT2D eigenvalue weighted by Gasteiger charge is -2.06. The van der Waals surface area contributed by atoms with Gasteiger partial charge >= 0.3 is 0 Å². The van der Waals surface area contributed by atoms with Gasteiger partial charge in [-0.2, -0.15) is 0 Å². The number of hydrogen-bond acceptors (Lipinski definition) is 4. The highest BCUT2D eigenvalue weighted by Gasteiger charge is 2.18. The molecule has 22 heavy (non-hydrogen) atoms. The van der Waals surface area contributed by atoms with Crippen LogP contribution in [-0.2, 0) is 0 Å². The van der Waals surface area contributed by atoms with E-state index in [1.165, 1.54) is 17.4 Å². The normalized spacial score (nSPS) is 12.5. The Kier molecular flexibility index (Phi) is 4.82. The van der Waals surface area contributed by atoms with Gasteiger partial charge in [-0.3, -0.25) is 0 Å². The molecule has 2 aromatic rings. The van der Waals surface area contributed by atoms with E-state index >= 15 is 0 Å². The third-order valence-corrected chi connectivity index (χ3v) is 4.03. The van der Waals surface area contributed by atoms with Crippen molar-refractivity contribution in [2.75, 3.05) is 5.73 Å². The van der Waals surface area contributed by atoms with Crippen LogP contribution < -0.4 is 5.73 Å². The summed E-state index contributed by atoms with van der Waals surface area (Å²) in [6.07, 6.45) is 1.84. The molecular weight excluding hydrogens is 299 g/mol. The lowest BCUT2D eigenvalue weighted by Crippen LogP contribution is -1.95. The number of nitrogens with zero attached hydrogens (tertiary/aromatic N) is 3. The minimum absolute atomic E-state index is 0.101. The van der Waals surface area contributed by atoms with Gasteiger partial charge in [-0.15, -0.1) is 11.3 Å². The summed E-state index contributed by atoms with van der Waals surface area (Å²) >= 11 is 1.45. The van der Waals surface area contributed by atoms with Crippen molar-refractivity contribution in [1.82, 2.24) is 4.98 Å². The summed E-state index contributed by atoms with van der Waals surface area (Å²) in [5, 5.41) is 0.825. The molecule has 1 aromatic heterocycles. The smallest absolute Gasteiger partial charge is 0.155 e. The number of nitrogen functional groups attached to an aromatic ring is 1. The van der Waals surface area contributed by atoms with Crippen molar-refractivity contribution >= 4 is 35.3 Å². The Morgan fingerprint density at radius 1 is 1.45 bits per heavy atom. The third-order valence-electron chi connectivity index (χ3n) is 3.03. The molecule has 1 aromatic carbocycles. The van der Waals surface area contributed by atoms with Crippen LogP contribution in [0.1, 0.15) is 23.7 Å². The van der Waals surface area contributed by atoms with Gasteiger partial charge in [0.1, 0.15) is 5.84 Å². The van der Waals surface area contributed by atoms with Crippen molar-refractivity contribution in [3.8, 4) is 11.3 Å². The SMILES string of the molecule is C=NC(C)=N/C(=C\C)c1sc(C)nc1-c1cccc(N)c1F. The molecule has 2 N–H and O–H groups in total. The van der Waals surface area contributed by atoms with Gasteiger partial charge < -0.3 is 5.73 Å². The molecule has 1 heterocycles. The van der Waals surface area contributed by atoms with Crippen LogP contribution in [0.2, 0.25) is 0 Å². The number of anilines is 1. The Morgan fingerprint density at radius 3 is 2.82 bits per heavy atom. The fourth-order valence-corrected chi connectivity index (χ4v) is 2.92. The molecule has 0 amide bonds. The average Bonchev–Trinajstić information content (AvgIpc) is 2.88. The summed E-state index contributed by atoms with van der Waals surface area (Å²) < 4.78 is 14.3. The molecule has 0 fully saturated rings. The number of halogens is 1. The quantitative estimate of drug-likeness (QED) is 0.520. The Morgan fingerprint density at radius 2 is 2.18 bits per heavy atom. The molecule has 0 aliphatic carbocycles. The zero-order valence-electron chi connectivity index (χ0n) is 12.7. The molecule has 2 rings (SSSR count). The van der Waals surface area contributed by atoms with Gasteiger partial charge in [0.15, 0.2) is 5.82 Å². The van der Waals surface area contributed by atoms with E-state index in [4.69, 9.17) is 5.73 Å². The number of hydrogen-bond donors (Lipinski definition) is 1. The number of aliphatic imine (C=N–C) groups is 2. The van der Waals surface area contributed by atoms with Gasteiger partial charge in [0.05, 0.1) is 27.0 Å². The first-order valence-electron chi connectivity index (χ1n) is 6.68. The van der Waals surface area contributed by atoms with Gasteiger partial charge in [-0.1, -0.05) is 12.1 Å². The molecule has 0 aliphatic heterocycles. The second kappa shape index (κ2) is 6.62. The largest absolute Gasteiger partial charge is 0.396 e. The van der Waals surface area contributed by atoms with E-state index < -0.39 is 5.82 Å². The number of amidine groups is 1. The minimum atomic E-state index is -0.466. The van der Waals surface area contributed by atoms with Gasteiger partial charge in [-0.25, -0.2) is 19.4 Å². The Hall–Kier alpha value is -2.34. The van der Waals surface area contributed by atoms with E-state index in [2.05, 4.69) is 21.7 Å². The van der Waals surface area contributed by atoms with Crippen LogP contribution in [0, 0.1) is 12.7 Å². The predicted octanol–water partition coefficient (Wildman–Crippen LogP) is 4.32. The van der Waals surface area contributed by atoms with Gasteiger partial charge in [-0.05, 0) is 39.6 Å². The molecule has 0 saturated carbocycles. The maximum Gasteiger partial charge on any atom is 0.155 e.